The van der Waals surface area contributed by atoms with Gasteiger partial charge >= 0.3 is 0 Å². The molecule has 1 aliphatic rings. The minimum Gasteiger partial charge on any atom is -0.325 e. The molecule has 140 valence electrons. The number of nitrogens with two attached hydrogens (primary N) is 1. The highest BCUT2D eigenvalue weighted by atomic mass is 19.1. The number of aromatic nitrogens is 3. The Kier molecular flexibility index (Phi) is 4.39. The molecule has 0 unspecified atom stereocenters. The van der Waals surface area contributed by atoms with Crippen molar-refractivity contribution < 1.29 is 4.39 Å². The largest absolute Gasteiger partial charge is 0.325 e. The summed E-state index contributed by atoms with van der Waals surface area (Å²) in [6.07, 6.45) is 6.53. The van der Waals surface area contributed by atoms with Crippen molar-refractivity contribution in [3.63, 3.8) is 0 Å². The Morgan fingerprint density at radius 2 is 2.07 bits per heavy atom. The first-order chi connectivity index (χ1) is 12.9. The molecule has 3 N–H and O–H groups in total. The molecule has 0 spiro atoms. The van der Waals surface area contributed by atoms with Crippen LogP contribution in [0.5, 0.6) is 0 Å². The predicted molar refractivity (Wildman–Crippen MR) is 104 cm³/mol. The Bertz CT molecular complexity index is 1020. The van der Waals surface area contributed by atoms with Crippen molar-refractivity contribution >= 4 is 22.5 Å². The van der Waals surface area contributed by atoms with Crippen LogP contribution in [0.15, 0.2) is 47.5 Å². The molecular weight excluding hydrogens is 345 g/mol. The summed E-state index contributed by atoms with van der Waals surface area (Å²) < 4.78 is 15.4. The fourth-order valence-electron chi connectivity index (χ4n) is 3.68. The molecule has 0 atom stereocenters. The van der Waals surface area contributed by atoms with E-state index in [1.165, 1.54) is 18.2 Å². The van der Waals surface area contributed by atoms with E-state index < -0.39 is 5.82 Å². The van der Waals surface area contributed by atoms with E-state index in [0.717, 1.165) is 31.4 Å². The fraction of sp³-hybridized carbons (Fsp3) is 0.350. The number of anilines is 2. The van der Waals surface area contributed by atoms with Crippen LogP contribution in [-0.4, -0.2) is 20.1 Å². The number of rotatable bonds is 3. The number of pyridine rings is 1. The molecule has 3 aromatic rings. The maximum Gasteiger partial charge on any atom is 0.263 e. The first kappa shape index (κ1) is 17.6. The number of hydrogen-bond acceptors (Lipinski definition) is 5. The van der Waals surface area contributed by atoms with Gasteiger partial charge in [-0.25, -0.2) is 9.37 Å². The monoisotopic (exact) mass is 367 g/mol. The van der Waals surface area contributed by atoms with Crippen molar-refractivity contribution in [1.82, 2.24) is 14.5 Å². The lowest BCUT2D eigenvalue weighted by Crippen LogP contribution is -2.42. The lowest BCUT2D eigenvalue weighted by atomic mass is 9.81. The Hall–Kier alpha value is -2.80. The van der Waals surface area contributed by atoms with Gasteiger partial charge in [0.05, 0.1) is 22.8 Å². The zero-order valence-electron chi connectivity index (χ0n) is 15.2. The van der Waals surface area contributed by atoms with Crippen molar-refractivity contribution in [3.05, 3.63) is 58.9 Å². The van der Waals surface area contributed by atoms with Gasteiger partial charge in [0.15, 0.2) is 0 Å². The van der Waals surface area contributed by atoms with E-state index in [-0.39, 0.29) is 22.5 Å². The van der Waals surface area contributed by atoms with Crippen molar-refractivity contribution in [2.24, 2.45) is 5.73 Å². The van der Waals surface area contributed by atoms with E-state index in [1.54, 1.807) is 17.0 Å². The molecule has 1 aliphatic carbocycles. The van der Waals surface area contributed by atoms with Gasteiger partial charge in [-0.05, 0) is 62.9 Å². The van der Waals surface area contributed by atoms with Gasteiger partial charge < -0.3 is 11.1 Å². The zero-order valence-corrected chi connectivity index (χ0v) is 15.2. The van der Waals surface area contributed by atoms with Crippen LogP contribution in [0.3, 0.4) is 0 Å². The lowest BCUT2D eigenvalue weighted by Gasteiger charge is -2.35. The second-order valence-corrected chi connectivity index (χ2v) is 7.52. The number of benzene rings is 1. The minimum atomic E-state index is -0.445. The van der Waals surface area contributed by atoms with Gasteiger partial charge in [0, 0.05) is 17.8 Å². The summed E-state index contributed by atoms with van der Waals surface area (Å²) in [5, 5.41) is 3.49. The van der Waals surface area contributed by atoms with Crippen LogP contribution in [-0.2, 0) is 0 Å². The highest BCUT2D eigenvalue weighted by Gasteiger charge is 2.30. The van der Waals surface area contributed by atoms with Gasteiger partial charge in [-0.3, -0.25) is 14.3 Å². The highest BCUT2D eigenvalue weighted by molar-refractivity contribution is 5.79. The second kappa shape index (κ2) is 6.74. The second-order valence-electron chi connectivity index (χ2n) is 7.52. The summed E-state index contributed by atoms with van der Waals surface area (Å²) in [6, 6.07) is 7.73. The molecule has 1 fully saturated rings. The SMILES string of the molecule is C[C@]1(N)CC[C@H](n2c(Nc3cccnc3)nc3ccc(F)cc3c2=O)CC1. The van der Waals surface area contributed by atoms with Gasteiger partial charge in [-0.2, -0.15) is 0 Å². The molecule has 1 saturated carbocycles. The van der Waals surface area contributed by atoms with Gasteiger partial charge in [0.2, 0.25) is 5.95 Å². The molecule has 7 heteroatoms. The molecule has 2 heterocycles. The summed E-state index contributed by atoms with van der Waals surface area (Å²) in [5.74, 6) is -0.00294. The topological polar surface area (TPSA) is 85.8 Å². The number of fused-ring (bicyclic) bond motifs is 1. The van der Waals surface area contributed by atoms with Crippen LogP contribution in [0.25, 0.3) is 10.9 Å². The molecule has 27 heavy (non-hydrogen) atoms. The standard InChI is InChI=1S/C20H22FN5O/c1-20(22)8-6-15(7-9-20)26-18(27)16-11-13(21)4-5-17(16)25-19(26)24-14-3-2-10-23-12-14/h2-5,10-12,15H,6-9,22H2,1H3,(H,24,25)/t15-,20-. The normalized spacial score (nSPS) is 22.7. The van der Waals surface area contributed by atoms with Crippen LogP contribution in [0.2, 0.25) is 0 Å². The van der Waals surface area contributed by atoms with Crippen LogP contribution < -0.4 is 16.6 Å². The molecular formula is C20H22FN5O. The van der Waals surface area contributed by atoms with Crippen LogP contribution >= 0.6 is 0 Å². The smallest absolute Gasteiger partial charge is 0.263 e. The quantitative estimate of drug-likeness (QED) is 0.740. The summed E-state index contributed by atoms with van der Waals surface area (Å²) in [5.41, 5.74) is 6.99. The van der Waals surface area contributed by atoms with E-state index in [0.29, 0.717) is 11.5 Å². The average molecular weight is 367 g/mol. The lowest BCUT2D eigenvalue weighted by molar-refractivity contribution is 0.250. The first-order valence-electron chi connectivity index (χ1n) is 9.11. The molecule has 0 saturated heterocycles. The summed E-state index contributed by atoms with van der Waals surface area (Å²) in [6.45, 7) is 2.04. The molecule has 6 nitrogen and oxygen atoms in total. The molecule has 0 amide bonds. The molecule has 0 aliphatic heterocycles. The third-order valence-corrected chi connectivity index (χ3v) is 5.24. The van der Waals surface area contributed by atoms with Gasteiger partial charge in [0.1, 0.15) is 5.82 Å². The van der Waals surface area contributed by atoms with E-state index in [2.05, 4.69) is 15.3 Å². The van der Waals surface area contributed by atoms with Crippen molar-refractivity contribution in [2.75, 3.05) is 5.32 Å². The van der Waals surface area contributed by atoms with Crippen LogP contribution in [0.1, 0.15) is 38.6 Å². The summed E-state index contributed by atoms with van der Waals surface area (Å²) in [4.78, 5) is 21.9. The molecule has 2 aromatic heterocycles. The minimum absolute atomic E-state index is 0.0338. The van der Waals surface area contributed by atoms with Crippen molar-refractivity contribution in [1.29, 1.82) is 0 Å². The number of nitrogens with zero attached hydrogens (tertiary/aromatic N) is 3. The van der Waals surface area contributed by atoms with E-state index in [1.807, 2.05) is 19.1 Å². The first-order valence-corrected chi connectivity index (χ1v) is 9.11. The molecule has 1 aromatic carbocycles. The van der Waals surface area contributed by atoms with Gasteiger partial charge in [-0.1, -0.05) is 0 Å². The summed E-state index contributed by atoms with van der Waals surface area (Å²) in [7, 11) is 0. The summed E-state index contributed by atoms with van der Waals surface area (Å²) >= 11 is 0. The Morgan fingerprint density at radius 1 is 1.30 bits per heavy atom. The third-order valence-electron chi connectivity index (χ3n) is 5.24. The van der Waals surface area contributed by atoms with Crippen LogP contribution in [0.4, 0.5) is 16.0 Å². The van der Waals surface area contributed by atoms with E-state index in [9.17, 15) is 9.18 Å². The average Bonchev–Trinajstić information content (AvgIpc) is 2.64. The predicted octanol–water partition coefficient (Wildman–Crippen LogP) is 3.51. The maximum absolute atomic E-state index is 13.7. The van der Waals surface area contributed by atoms with Crippen LogP contribution in [0, 0.1) is 5.82 Å². The van der Waals surface area contributed by atoms with Crippen molar-refractivity contribution in [3.8, 4) is 0 Å². The zero-order chi connectivity index (χ0) is 19.0. The highest BCUT2D eigenvalue weighted by Crippen LogP contribution is 2.34. The molecule has 0 bridgehead atoms. The van der Waals surface area contributed by atoms with Crippen molar-refractivity contribution in [2.45, 2.75) is 44.2 Å². The van der Waals surface area contributed by atoms with Gasteiger partial charge in [0.25, 0.3) is 5.56 Å². The number of halogens is 1. The third kappa shape index (κ3) is 3.55. The molecule has 4 rings (SSSR count). The Labute approximate surface area is 156 Å². The Morgan fingerprint density at radius 3 is 2.78 bits per heavy atom. The Balaban J connectivity index is 1.84. The fourth-order valence-corrected chi connectivity index (χ4v) is 3.68. The van der Waals surface area contributed by atoms with E-state index >= 15 is 0 Å². The maximum atomic E-state index is 13.7. The number of hydrogen-bond donors (Lipinski definition) is 2. The van der Waals surface area contributed by atoms with E-state index in [4.69, 9.17) is 5.73 Å². The number of nitrogens with one attached hydrogen (secondary N) is 1. The molecule has 0 radical (unpaired) electrons. The van der Waals surface area contributed by atoms with Gasteiger partial charge in [-0.15, -0.1) is 0 Å².